The van der Waals surface area contributed by atoms with Gasteiger partial charge in [-0.2, -0.15) is 0 Å². The van der Waals surface area contributed by atoms with E-state index in [1.165, 1.54) is 0 Å². The molecule has 0 saturated carbocycles. The lowest BCUT2D eigenvalue weighted by molar-refractivity contribution is -0.137. The van der Waals surface area contributed by atoms with Crippen LogP contribution in [0.2, 0.25) is 0 Å². The molecule has 3 N–H and O–H groups in total. The van der Waals surface area contributed by atoms with Crippen molar-refractivity contribution in [3.63, 3.8) is 0 Å². The molecule has 0 saturated heterocycles. The van der Waals surface area contributed by atoms with Gasteiger partial charge in [0.15, 0.2) is 9.84 Å². The minimum atomic E-state index is -3.40. The second-order valence-corrected chi connectivity index (χ2v) is 6.30. The third-order valence-corrected chi connectivity index (χ3v) is 4.77. The lowest BCUT2D eigenvalue weighted by atomic mass is 10.2. The lowest BCUT2D eigenvalue weighted by Crippen LogP contribution is -2.40. The average molecular weight is 251 g/mol. The average Bonchev–Trinajstić information content (AvgIpc) is 2.16. The molecule has 0 aromatic rings. The summed E-state index contributed by atoms with van der Waals surface area (Å²) >= 11 is 0. The van der Waals surface area contributed by atoms with Crippen LogP contribution in [-0.4, -0.2) is 36.5 Å². The van der Waals surface area contributed by atoms with E-state index in [1.54, 1.807) is 0 Å². The summed E-state index contributed by atoms with van der Waals surface area (Å²) in [6.45, 7) is 3.82. The molecule has 0 amide bonds. The van der Waals surface area contributed by atoms with E-state index in [-0.39, 0.29) is 0 Å². The number of aliphatic carboxylic acids is 1. The van der Waals surface area contributed by atoms with Gasteiger partial charge in [0.2, 0.25) is 0 Å². The number of carboxylic acid groups (broad SMARTS) is 1. The maximum absolute atomic E-state index is 11.9. The molecule has 0 aliphatic heterocycles. The topological polar surface area (TPSA) is 97.5 Å². The van der Waals surface area contributed by atoms with E-state index >= 15 is 0 Å². The zero-order valence-corrected chi connectivity index (χ0v) is 10.7. The highest BCUT2D eigenvalue weighted by molar-refractivity contribution is 7.92. The summed E-state index contributed by atoms with van der Waals surface area (Å²) in [6.07, 6.45) is 2.68. The zero-order chi connectivity index (χ0) is 12.8. The first-order chi connectivity index (χ1) is 7.35. The number of hydrogen-bond acceptors (Lipinski definition) is 4. The van der Waals surface area contributed by atoms with Gasteiger partial charge >= 0.3 is 5.97 Å². The fourth-order valence-corrected chi connectivity index (χ4v) is 3.71. The van der Waals surface area contributed by atoms with Crippen LogP contribution in [0.1, 0.15) is 39.5 Å². The van der Waals surface area contributed by atoms with Crippen molar-refractivity contribution in [2.75, 3.05) is 5.75 Å². The minimum Gasteiger partial charge on any atom is -0.480 e. The second kappa shape index (κ2) is 6.85. The molecular formula is C10H21NO4S. The van der Waals surface area contributed by atoms with Crippen molar-refractivity contribution >= 4 is 15.8 Å². The van der Waals surface area contributed by atoms with Crippen LogP contribution in [0.15, 0.2) is 0 Å². The third-order valence-electron chi connectivity index (χ3n) is 2.46. The maximum atomic E-state index is 11.9. The Morgan fingerprint density at radius 1 is 1.25 bits per heavy atom. The molecule has 0 aromatic heterocycles. The Morgan fingerprint density at radius 3 is 2.00 bits per heavy atom. The molecule has 0 aliphatic carbocycles. The summed E-state index contributed by atoms with van der Waals surface area (Å²) in [7, 11) is -3.40. The molecule has 16 heavy (non-hydrogen) atoms. The maximum Gasteiger partial charge on any atom is 0.321 e. The van der Waals surface area contributed by atoms with Gasteiger partial charge in [0.25, 0.3) is 0 Å². The second-order valence-electron chi connectivity index (χ2n) is 3.97. The number of rotatable bonds is 8. The highest BCUT2D eigenvalue weighted by Crippen LogP contribution is 2.16. The van der Waals surface area contributed by atoms with Crippen molar-refractivity contribution < 1.29 is 18.3 Å². The Bertz CT molecular complexity index is 307. The van der Waals surface area contributed by atoms with Crippen LogP contribution in [0.5, 0.6) is 0 Å². The smallest absolute Gasteiger partial charge is 0.321 e. The number of nitrogens with two attached hydrogens (primary N) is 1. The van der Waals surface area contributed by atoms with Gasteiger partial charge in [-0.1, -0.05) is 26.7 Å². The van der Waals surface area contributed by atoms with Gasteiger partial charge in [-0.15, -0.1) is 0 Å². The van der Waals surface area contributed by atoms with E-state index in [9.17, 15) is 13.2 Å². The zero-order valence-electron chi connectivity index (χ0n) is 9.85. The van der Waals surface area contributed by atoms with E-state index in [2.05, 4.69) is 0 Å². The molecule has 0 aliphatic rings. The summed E-state index contributed by atoms with van der Waals surface area (Å²) in [5, 5.41) is 8.15. The molecule has 5 nitrogen and oxygen atoms in total. The van der Waals surface area contributed by atoms with Crippen LogP contribution >= 0.6 is 0 Å². The first-order valence-corrected chi connectivity index (χ1v) is 7.26. The molecular weight excluding hydrogens is 230 g/mol. The largest absolute Gasteiger partial charge is 0.480 e. The van der Waals surface area contributed by atoms with Crippen LogP contribution < -0.4 is 5.73 Å². The summed E-state index contributed by atoms with van der Waals surface area (Å²) < 4.78 is 23.8. The van der Waals surface area contributed by atoms with Crippen LogP contribution in [0, 0.1) is 0 Å². The van der Waals surface area contributed by atoms with Gasteiger partial charge in [0.05, 0.1) is 11.0 Å². The Hall–Kier alpha value is -0.620. The van der Waals surface area contributed by atoms with Crippen molar-refractivity contribution in [3.05, 3.63) is 0 Å². The van der Waals surface area contributed by atoms with E-state index < -0.39 is 32.9 Å². The van der Waals surface area contributed by atoms with E-state index in [4.69, 9.17) is 10.8 Å². The van der Waals surface area contributed by atoms with E-state index in [1.807, 2.05) is 13.8 Å². The number of hydrogen-bond donors (Lipinski definition) is 2. The highest BCUT2D eigenvalue weighted by Gasteiger charge is 2.28. The summed E-state index contributed by atoms with van der Waals surface area (Å²) in [6, 6.07) is -1.32. The Kier molecular flexibility index (Phi) is 6.59. The van der Waals surface area contributed by atoms with Crippen LogP contribution in [0.25, 0.3) is 0 Å². The number of sulfone groups is 1. The molecule has 1 atom stereocenters. The van der Waals surface area contributed by atoms with Gasteiger partial charge in [-0.05, 0) is 12.8 Å². The van der Waals surface area contributed by atoms with Crippen molar-refractivity contribution in [1.29, 1.82) is 0 Å². The molecule has 96 valence electrons. The van der Waals surface area contributed by atoms with E-state index in [0.717, 1.165) is 12.8 Å². The van der Waals surface area contributed by atoms with Crippen molar-refractivity contribution in [3.8, 4) is 0 Å². The monoisotopic (exact) mass is 251 g/mol. The predicted molar refractivity (Wildman–Crippen MR) is 63.0 cm³/mol. The SMILES string of the molecule is CCCC(CCC)S(=O)(=O)CC(N)C(=O)O. The first-order valence-electron chi connectivity index (χ1n) is 5.55. The van der Waals surface area contributed by atoms with Gasteiger partial charge < -0.3 is 10.8 Å². The normalized spacial score (nSPS) is 14.0. The molecule has 0 radical (unpaired) electrons. The molecule has 1 unspecified atom stereocenters. The Balaban J connectivity index is 4.65. The summed E-state index contributed by atoms with van der Waals surface area (Å²) in [5.74, 6) is -1.73. The van der Waals surface area contributed by atoms with Gasteiger partial charge in [-0.25, -0.2) is 8.42 Å². The van der Waals surface area contributed by atoms with Crippen molar-refractivity contribution in [2.24, 2.45) is 5.73 Å². The molecule has 0 fully saturated rings. The Morgan fingerprint density at radius 2 is 1.69 bits per heavy atom. The van der Waals surface area contributed by atoms with Crippen LogP contribution in [-0.2, 0) is 14.6 Å². The molecule has 0 aromatic carbocycles. The van der Waals surface area contributed by atoms with Gasteiger partial charge in [0, 0.05) is 0 Å². The predicted octanol–water partition coefficient (Wildman–Crippen LogP) is 0.782. The minimum absolute atomic E-state index is 0.451. The van der Waals surface area contributed by atoms with Crippen molar-refractivity contribution in [1.82, 2.24) is 0 Å². The third kappa shape index (κ3) is 4.94. The molecule has 6 heteroatoms. The molecule has 0 rings (SSSR count). The van der Waals surface area contributed by atoms with Crippen molar-refractivity contribution in [2.45, 2.75) is 50.8 Å². The molecule has 0 heterocycles. The summed E-state index contributed by atoms with van der Waals surface area (Å²) in [4.78, 5) is 10.5. The molecule has 0 spiro atoms. The lowest BCUT2D eigenvalue weighted by Gasteiger charge is -2.17. The quantitative estimate of drug-likeness (QED) is 0.664. The fourth-order valence-electron chi connectivity index (χ4n) is 1.61. The van der Waals surface area contributed by atoms with Gasteiger partial charge in [-0.3, -0.25) is 4.79 Å². The first kappa shape index (κ1) is 15.4. The van der Waals surface area contributed by atoms with Crippen LogP contribution in [0.4, 0.5) is 0 Å². The van der Waals surface area contributed by atoms with Crippen LogP contribution in [0.3, 0.4) is 0 Å². The number of carboxylic acids is 1. The molecule has 0 bridgehead atoms. The standard InChI is InChI=1S/C10H21NO4S/c1-3-5-8(6-4-2)16(14,15)7-9(11)10(12)13/h8-9H,3-7,11H2,1-2H3,(H,12,13). The fraction of sp³-hybridized carbons (Fsp3) is 0.900. The van der Waals surface area contributed by atoms with E-state index in [0.29, 0.717) is 12.8 Å². The highest BCUT2D eigenvalue weighted by atomic mass is 32.2. The summed E-state index contributed by atoms with van der Waals surface area (Å²) in [5.41, 5.74) is 5.25. The Labute approximate surface area is 96.9 Å². The number of carbonyl (C=O) groups is 1. The van der Waals surface area contributed by atoms with Gasteiger partial charge in [0.1, 0.15) is 6.04 Å².